The lowest BCUT2D eigenvalue weighted by Gasteiger charge is -2.14. The van der Waals surface area contributed by atoms with E-state index >= 15 is 0 Å². The molecule has 7 heteroatoms. The van der Waals surface area contributed by atoms with Crippen LogP contribution in [0.5, 0.6) is 5.75 Å². The number of phosphoric ester groups is 1. The van der Waals surface area contributed by atoms with E-state index in [1.54, 1.807) is 0 Å². The molecule has 1 aliphatic rings. The molecule has 1 aromatic rings. The summed E-state index contributed by atoms with van der Waals surface area (Å²) in [6, 6.07) is 8.14. The van der Waals surface area contributed by atoms with Crippen molar-refractivity contribution in [2.24, 2.45) is 0 Å². The number of unbranched alkanes of at least 4 members (excludes halogenated alkanes) is 4. The zero-order valence-electron chi connectivity index (χ0n) is 14.9. The lowest BCUT2D eigenvalue weighted by molar-refractivity contribution is 0.173. The predicted molar refractivity (Wildman–Crippen MR) is 97.7 cm³/mol. The normalized spacial score (nSPS) is 20.8. The second-order valence-corrected chi connectivity index (χ2v) is 7.91. The lowest BCUT2D eigenvalue weighted by Crippen LogP contribution is -2.26. The first-order valence-electron chi connectivity index (χ1n) is 9.15. The van der Waals surface area contributed by atoms with Gasteiger partial charge in [-0.2, -0.15) is 0 Å². The summed E-state index contributed by atoms with van der Waals surface area (Å²) < 4.78 is 21.2. The van der Waals surface area contributed by atoms with Gasteiger partial charge in [0.15, 0.2) is 0 Å². The summed E-state index contributed by atoms with van der Waals surface area (Å²) in [6.07, 6.45) is 8.20. The van der Waals surface area contributed by atoms with Gasteiger partial charge in [-0.15, -0.1) is 0 Å². The third-order valence-electron chi connectivity index (χ3n) is 4.42. The molecule has 0 unspecified atom stereocenters. The minimum Gasteiger partial charge on any atom is -0.489 e. The number of ether oxygens (including phenoxy) is 1. The average Bonchev–Trinajstić information content (AvgIpc) is 3.01. The number of benzene rings is 1. The van der Waals surface area contributed by atoms with Crippen LogP contribution in [0.1, 0.15) is 51.0 Å². The van der Waals surface area contributed by atoms with E-state index in [4.69, 9.17) is 14.5 Å². The zero-order valence-corrected chi connectivity index (χ0v) is 15.8. The summed E-state index contributed by atoms with van der Waals surface area (Å²) in [4.78, 5) is 17.5. The molecule has 1 aromatic carbocycles. The molecule has 0 aliphatic carbocycles. The fraction of sp³-hybridized carbons (Fsp3) is 0.667. The molecule has 1 aliphatic heterocycles. The summed E-state index contributed by atoms with van der Waals surface area (Å²) in [5.74, 6) is 0.832. The maximum absolute atomic E-state index is 10.7. The van der Waals surface area contributed by atoms with Gasteiger partial charge in [0.1, 0.15) is 11.9 Å². The van der Waals surface area contributed by atoms with Crippen LogP contribution in [-0.2, 0) is 15.5 Å². The molecule has 1 fully saturated rings. The summed E-state index contributed by atoms with van der Waals surface area (Å²) in [5, 5.41) is 3.16. The molecular formula is C18H30NO5P. The Labute approximate surface area is 150 Å². The van der Waals surface area contributed by atoms with Crippen molar-refractivity contribution in [3.05, 3.63) is 29.8 Å². The highest BCUT2D eigenvalue weighted by Gasteiger charge is 2.28. The quantitative estimate of drug-likeness (QED) is 0.408. The van der Waals surface area contributed by atoms with E-state index in [9.17, 15) is 4.57 Å². The Hall–Kier alpha value is -0.910. The van der Waals surface area contributed by atoms with E-state index in [0.717, 1.165) is 12.2 Å². The second kappa shape index (κ2) is 10.3. The molecule has 0 spiro atoms. The highest BCUT2D eigenvalue weighted by atomic mass is 31.2. The first-order chi connectivity index (χ1) is 12.0. The van der Waals surface area contributed by atoms with E-state index in [0.29, 0.717) is 13.0 Å². The van der Waals surface area contributed by atoms with Crippen LogP contribution in [0.2, 0.25) is 0 Å². The third-order valence-corrected chi connectivity index (χ3v) is 4.91. The molecule has 0 bridgehead atoms. The van der Waals surface area contributed by atoms with Gasteiger partial charge in [-0.1, -0.05) is 44.7 Å². The van der Waals surface area contributed by atoms with Crippen LogP contribution in [-0.4, -0.2) is 35.1 Å². The molecule has 0 amide bonds. The third kappa shape index (κ3) is 8.34. The molecule has 142 valence electrons. The van der Waals surface area contributed by atoms with Crippen molar-refractivity contribution in [3.63, 3.8) is 0 Å². The van der Waals surface area contributed by atoms with Crippen LogP contribution in [0.3, 0.4) is 0 Å². The van der Waals surface area contributed by atoms with Crippen LogP contribution in [0, 0.1) is 0 Å². The first kappa shape index (κ1) is 20.4. The maximum atomic E-state index is 10.7. The van der Waals surface area contributed by atoms with Crippen molar-refractivity contribution in [2.75, 3.05) is 13.2 Å². The summed E-state index contributed by atoms with van der Waals surface area (Å²) >= 11 is 0. The Bertz CT molecular complexity index is 545. The van der Waals surface area contributed by atoms with Crippen molar-refractivity contribution in [1.29, 1.82) is 0 Å². The number of hydrogen-bond donors (Lipinski definition) is 3. The molecule has 1 heterocycles. The lowest BCUT2D eigenvalue weighted by atomic mass is 10.1. The molecule has 3 N–H and O–H groups in total. The van der Waals surface area contributed by atoms with Crippen molar-refractivity contribution in [2.45, 2.75) is 64.0 Å². The second-order valence-electron chi connectivity index (χ2n) is 6.68. The standard InChI is InChI=1S/C18H30NO5P/c1-2-3-4-5-6-7-15-8-10-17(11-9-15)24-18-12-16(19-13-18)14-23-25(20,21)22/h8-11,16,18-19H,2-7,12-14H2,1H3,(H2,20,21,22)/t16-,18-/m0/s1. The molecule has 0 saturated carbocycles. The summed E-state index contributed by atoms with van der Waals surface area (Å²) in [5.41, 5.74) is 1.33. The van der Waals surface area contributed by atoms with E-state index < -0.39 is 7.82 Å². The van der Waals surface area contributed by atoms with Crippen molar-refractivity contribution in [3.8, 4) is 5.75 Å². The Kier molecular flexibility index (Phi) is 8.40. The molecule has 6 nitrogen and oxygen atoms in total. The van der Waals surface area contributed by atoms with Gasteiger partial charge in [0.2, 0.25) is 0 Å². The Morgan fingerprint density at radius 3 is 2.56 bits per heavy atom. The Balaban J connectivity index is 1.68. The minimum absolute atomic E-state index is 0.00901. The van der Waals surface area contributed by atoms with Gasteiger partial charge in [-0.3, -0.25) is 4.52 Å². The van der Waals surface area contributed by atoms with Crippen molar-refractivity contribution in [1.82, 2.24) is 5.32 Å². The van der Waals surface area contributed by atoms with Crippen molar-refractivity contribution >= 4 is 7.82 Å². The molecule has 0 aromatic heterocycles. The summed E-state index contributed by atoms with van der Waals surface area (Å²) in [7, 11) is -4.41. The van der Waals surface area contributed by atoms with Crippen LogP contribution < -0.4 is 10.1 Å². The molecule has 25 heavy (non-hydrogen) atoms. The highest BCUT2D eigenvalue weighted by molar-refractivity contribution is 7.46. The number of hydrogen-bond acceptors (Lipinski definition) is 4. The smallest absolute Gasteiger partial charge is 0.469 e. The van der Waals surface area contributed by atoms with Gasteiger partial charge < -0.3 is 19.8 Å². The predicted octanol–water partition coefficient (Wildman–Crippen LogP) is 3.42. The minimum atomic E-state index is -4.41. The van der Waals surface area contributed by atoms with Crippen LogP contribution in [0.15, 0.2) is 24.3 Å². The van der Waals surface area contributed by atoms with Gasteiger partial charge >= 0.3 is 7.82 Å². The molecule has 2 rings (SSSR count). The Morgan fingerprint density at radius 1 is 1.16 bits per heavy atom. The van der Waals surface area contributed by atoms with Gasteiger partial charge in [0, 0.05) is 19.0 Å². The molecule has 1 saturated heterocycles. The van der Waals surface area contributed by atoms with Crippen LogP contribution >= 0.6 is 7.82 Å². The highest BCUT2D eigenvalue weighted by Crippen LogP contribution is 2.36. The largest absolute Gasteiger partial charge is 0.489 e. The average molecular weight is 371 g/mol. The maximum Gasteiger partial charge on any atom is 0.469 e. The molecule has 2 atom stereocenters. The summed E-state index contributed by atoms with van der Waals surface area (Å²) in [6.45, 7) is 2.86. The van der Waals surface area contributed by atoms with Gasteiger partial charge in [0.25, 0.3) is 0 Å². The monoisotopic (exact) mass is 371 g/mol. The number of aryl methyl sites for hydroxylation is 1. The van der Waals surface area contributed by atoms with Gasteiger partial charge in [-0.25, -0.2) is 4.57 Å². The van der Waals surface area contributed by atoms with Gasteiger partial charge in [-0.05, 0) is 30.5 Å². The SMILES string of the molecule is CCCCCCCc1ccc(O[C@@H]2CN[C@H](COP(=O)(O)O)C2)cc1. The molecule has 0 radical (unpaired) electrons. The van der Waals surface area contributed by atoms with E-state index in [2.05, 4.69) is 28.9 Å². The number of phosphoric acid groups is 1. The molecular weight excluding hydrogens is 341 g/mol. The van der Waals surface area contributed by atoms with E-state index in [-0.39, 0.29) is 18.8 Å². The van der Waals surface area contributed by atoms with E-state index in [1.165, 1.54) is 37.7 Å². The fourth-order valence-corrected chi connectivity index (χ4v) is 3.42. The van der Waals surface area contributed by atoms with Crippen molar-refractivity contribution < 1.29 is 23.6 Å². The Morgan fingerprint density at radius 2 is 1.88 bits per heavy atom. The topological polar surface area (TPSA) is 88.0 Å². The van der Waals surface area contributed by atoms with Crippen LogP contribution in [0.4, 0.5) is 0 Å². The van der Waals surface area contributed by atoms with E-state index in [1.807, 2.05) is 12.1 Å². The zero-order chi connectivity index (χ0) is 18.1. The number of nitrogens with one attached hydrogen (secondary N) is 1. The van der Waals surface area contributed by atoms with Gasteiger partial charge in [0.05, 0.1) is 6.61 Å². The van der Waals surface area contributed by atoms with Crippen LogP contribution in [0.25, 0.3) is 0 Å². The first-order valence-corrected chi connectivity index (χ1v) is 10.7. The fourth-order valence-electron chi connectivity index (χ4n) is 3.05. The number of rotatable bonds is 11.